The maximum absolute atomic E-state index is 10.8. The monoisotopic (exact) mass is 169 g/mol. The maximum atomic E-state index is 10.8. The first kappa shape index (κ1) is 7.27. The number of fused-ring (bicyclic) bond motifs is 1. The van der Waals surface area contributed by atoms with Crippen LogP contribution < -0.4 is 11.1 Å². The molecule has 66 valence electrons. The van der Waals surface area contributed by atoms with Gasteiger partial charge in [-0.15, -0.1) is 0 Å². The van der Waals surface area contributed by atoms with Gasteiger partial charge in [-0.3, -0.25) is 0 Å². The van der Waals surface area contributed by atoms with Gasteiger partial charge in [0.2, 0.25) is 0 Å². The third-order valence-electron chi connectivity index (χ3n) is 2.17. The molecule has 0 saturated carbocycles. The van der Waals surface area contributed by atoms with Gasteiger partial charge in [0.05, 0.1) is 24.9 Å². The second-order valence-electron chi connectivity index (χ2n) is 3.00. The van der Waals surface area contributed by atoms with Crippen molar-refractivity contribution in [3.05, 3.63) is 12.0 Å². The van der Waals surface area contributed by atoms with Crippen molar-refractivity contribution in [1.29, 1.82) is 0 Å². The van der Waals surface area contributed by atoms with E-state index in [1.54, 1.807) is 11.2 Å². The van der Waals surface area contributed by atoms with E-state index in [0.717, 1.165) is 5.70 Å². The van der Waals surface area contributed by atoms with E-state index in [0.29, 0.717) is 19.8 Å². The van der Waals surface area contributed by atoms with Crippen LogP contribution in [0.2, 0.25) is 0 Å². The van der Waals surface area contributed by atoms with Gasteiger partial charge in [-0.1, -0.05) is 0 Å². The number of carbonyl (C=O) groups is 1. The number of hydrogen-bond acceptors (Lipinski definition) is 3. The van der Waals surface area contributed by atoms with Crippen LogP contribution in [0.15, 0.2) is 12.0 Å². The van der Waals surface area contributed by atoms with Gasteiger partial charge in [-0.05, 0) is 0 Å². The Kier molecular flexibility index (Phi) is 1.56. The number of nitrogens with two attached hydrogens (primary N) is 1. The molecule has 0 aromatic rings. The zero-order valence-corrected chi connectivity index (χ0v) is 6.62. The highest BCUT2D eigenvalue weighted by molar-refractivity contribution is 5.72. The lowest BCUT2D eigenvalue weighted by Crippen LogP contribution is -2.50. The van der Waals surface area contributed by atoms with E-state index in [2.05, 4.69) is 5.32 Å². The molecule has 3 N–H and O–H groups in total. The van der Waals surface area contributed by atoms with Gasteiger partial charge >= 0.3 is 6.03 Å². The van der Waals surface area contributed by atoms with Crippen LogP contribution in [0, 0.1) is 5.92 Å². The summed E-state index contributed by atoms with van der Waals surface area (Å²) in [6.45, 7) is 1.79. The number of rotatable bonds is 0. The first-order chi connectivity index (χ1) is 5.77. The molecule has 0 radical (unpaired) electrons. The van der Waals surface area contributed by atoms with E-state index in [1.807, 2.05) is 0 Å². The van der Waals surface area contributed by atoms with Crippen LogP contribution in [0.4, 0.5) is 4.79 Å². The Balaban J connectivity index is 2.03. The van der Waals surface area contributed by atoms with Crippen LogP contribution in [-0.4, -0.2) is 30.8 Å². The lowest BCUT2D eigenvalue weighted by molar-refractivity contribution is 0.169. The Labute approximate surface area is 70.2 Å². The number of amides is 2. The number of hydrogen-bond donors (Lipinski definition) is 2. The number of urea groups is 1. The summed E-state index contributed by atoms with van der Waals surface area (Å²) >= 11 is 0. The molecule has 1 fully saturated rings. The lowest BCUT2D eigenvalue weighted by Gasteiger charge is -2.30. The highest BCUT2D eigenvalue weighted by Gasteiger charge is 2.29. The first-order valence-electron chi connectivity index (χ1n) is 3.87. The van der Waals surface area contributed by atoms with Gasteiger partial charge in [0.25, 0.3) is 0 Å². The Morgan fingerprint density at radius 2 is 2.67 bits per heavy atom. The Hall–Kier alpha value is -1.39. The van der Waals surface area contributed by atoms with Crippen molar-refractivity contribution >= 4 is 6.03 Å². The van der Waals surface area contributed by atoms with E-state index >= 15 is 0 Å². The van der Waals surface area contributed by atoms with Crippen molar-refractivity contribution in [3.8, 4) is 0 Å². The standard InChI is InChI=1S/C7H11N3O2/c8-7(11)10-1-5-2-12-3-6(5)9-4-10/h3,5,9H,1-2,4H2,(H2,8,11). The molecule has 1 atom stereocenters. The minimum atomic E-state index is -0.381. The molecule has 2 aliphatic rings. The van der Waals surface area contributed by atoms with Crippen molar-refractivity contribution in [1.82, 2.24) is 10.2 Å². The number of nitrogens with zero attached hydrogens (tertiary/aromatic N) is 1. The summed E-state index contributed by atoms with van der Waals surface area (Å²) in [6, 6.07) is -0.381. The van der Waals surface area contributed by atoms with Crippen molar-refractivity contribution in [3.63, 3.8) is 0 Å². The van der Waals surface area contributed by atoms with E-state index in [9.17, 15) is 4.79 Å². The highest BCUT2D eigenvalue weighted by Crippen LogP contribution is 2.20. The average molecular weight is 169 g/mol. The third-order valence-corrected chi connectivity index (χ3v) is 2.17. The largest absolute Gasteiger partial charge is 0.499 e. The molecule has 2 aliphatic heterocycles. The van der Waals surface area contributed by atoms with Crippen molar-refractivity contribution in [2.24, 2.45) is 11.7 Å². The molecule has 12 heavy (non-hydrogen) atoms. The Morgan fingerprint density at radius 1 is 1.83 bits per heavy atom. The van der Waals surface area contributed by atoms with E-state index < -0.39 is 0 Å². The summed E-state index contributed by atoms with van der Waals surface area (Å²) in [6.07, 6.45) is 1.71. The molecule has 1 unspecified atom stereocenters. The van der Waals surface area contributed by atoms with Gasteiger partial charge in [0.15, 0.2) is 0 Å². The predicted molar refractivity (Wildman–Crippen MR) is 41.8 cm³/mol. The van der Waals surface area contributed by atoms with Crippen LogP contribution >= 0.6 is 0 Å². The fourth-order valence-electron chi connectivity index (χ4n) is 1.46. The predicted octanol–water partition coefficient (Wildman–Crippen LogP) is -0.584. The van der Waals surface area contributed by atoms with Gasteiger partial charge in [-0.2, -0.15) is 0 Å². The molecule has 2 heterocycles. The van der Waals surface area contributed by atoms with Crippen LogP contribution in [0.25, 0.3) is 0 Å². The van der Waals surface area contributed by atoms with Crippen LogP contribution in [0.3, 0.4) is 0 Å². The van der Waals surface area contributed by atoms with Crippen molar-refractivity contribution < 1.29 is 9.53 Å². The maximum Gasteiger partial charge on any atom is 0.316 e. The molecule has 0 aromatic heterocycles. The Morgan fingerprint density at radius 3 is 3.42 bits per heavy atom. The number of carbonyl (C=O) groups excluding carboxylic acids is 1. The zero-order chi connectivity index (χ0) is 8.55. The zero-order valence-electron chi connectivity index (χ0n) is 6.62. The highest BCUT2D eigenvalue weighted by atomic mass is 16.5. The van der Waals surface area contributed by atoms with Crippen molar-refractivity contribution in [2.75, 3.05) is 19.8 Å². The normalized spacial score (nSPS) is 26.8. The molecule has 0 aromatic carbocycles. The number of nitrogens with one attached hydrogen (secondary N) is 1. The van der Waals surface area contributed by atoms with E-state index in [1.165, 1.54) is 0 Å². The fraction of sp³-hybridized carbons (Fsp3) is 0.571. The molecule has 2 amide bonds. The fourth-order valence-corrected chi connectivity index (χ4v) is 1.46. The summed E-state index contributed by atoms with van der Waals surface area (Å²) in [5, 5.41) is 3.07. The quantitative estimate of drug-likeness (QED) is 0.509. The number of ether oxygens (including phenoxy) is 1. The SMILES string of the molecule is NC(=O)N1CNC2=COCC2C1. The summed E-state index contributed by atoms with van der Waals surface area (Å²) in [4.78, 5) is 12.4. The van der Waals surface area contributed by atoms with E-state index in [-0.39, 0.29) is 11.9 Å². The molecule has 1 saturated heterocycles. The average Bonchev–Trinajstić information content (AvgIpc) is 2.49. The molecule has 2 rings (SSSR count). The third kappa shape index (κ3) is 1.07. The summed E-state index contributed by atoms with van der Waals surface area (Å²) in [7, 11) is 0. The summed E-state index contributed by atoms with van der Waals surface area (Å²) in [5.74, 6) is 0.284. The second-order valence-corrected chi connectivity index (χ2v) is 3.00. The summed E-state index contributed by atoms with van der Waals surface area (Å²) in [5.41, 5.74) is 6.21. The Bertz CT molecular complexity index is 239. The molecule has 0 aliphatic carbocycles. The molecular weight excluding hydrogens is 158 g/mol. The molecular formula is C7H11N3O2. The number of primary amides is 1. The molecule has 0 spiro atoms. The van der Waals surface area contributed by atoms with Crippen LogP contribution in [0.1, 0.15) is 0 Å². The van der Waals surface area contributed by atoms with Gasteiger partial charge in [-0.25, -0.2) is 4.79 Å². The first-order valence-corrected chi connectivity index (χ1v) is 3.87. The molecule has 5 nitrogen and oxygen atoms in total. The van der Waals surface area contributed by atoms with Crippen molar-refractivity contribution in [2.45, 2.75) is 0 Å². The second kappa shape index (κ2) is 2.58. The van der Waals surface area contributed by atoms with Crippen LogP contribution in [-0.2, 0) is 4.74 Å². The van der Waals surface area contributed by atoms with Crippen LogP contribution in [0.5, 0.6) is 0 Å². The smallest absolute Gasteiger partial charge is 0.316 e. The minimum absolute atomic E-state index is 0.284. The molecule has 0 bridgehead atoms. The summed E-state index contributed by atoms with van der Waals surface area (Å²) < 4.78 is 5.12. The van der Waals surface area contributed by atoms with Gasteiger partial charge in [0, 0.05) is 6.54 Å². The van der Waals surface area contributed by atoms with Gasteiger partial charge < -0.3 is 20.7 Å². The lowest BCUT2D eigenvalue weighted by atomic mass is 10.1. The van der Waals surface area contributed by atoms with Gasteiger partial charge in [0.1, 0.15) is 6.26 Å². The molecule has 5 heteroatoms. The van der Waals surface area contributed by atoms with E-state index in [4.69, 9.17) is 10.5 Å². The topological polar surface area (TPSA) is 67.6 Å². The minimum Gasteiger partial charge on any atom is -0.499 e.